The Balaban J connectivity index is 1.49. The number of ketones is 1. The lowest BCUT2D eigenvalue weighted by molar-refractivity contribution is -0.123. The van der Waals surface area contributed by atoms with Crippen molar-refractivity contribution >= 4 is 11.7 Å². The molecule has 2 aliphatic rings. The topological polar surface area (TPSA) is 110 Å². The van der Waals surface area contributed by atoms with Gasteiger partial charge in [0.15, 0.2) is 11.5 Å². The third kappa shape index (κ3) is 6.71. The van der Waals surface area contributed by atoms with Crippen LogP contribution < -0.4 is 5.32 Å². The standard InChI is InChI=1S/C23H34N2O5/c26-19(16-8-9-16)6-2-1-3-7-22(29)24-18(15-25-12-4-5-13-25)23(30)17-10-11-20(27)21(28)14-17/h10-11,14,16,18,23,27-28,30H,1-9,12-13,15H2,(H,24,29)/t18-,23?/m1/s1. The lowest BCUT2D eigenvalue weighted by atomic mass is 10.0. The van der Waals surface area contributed by atoms with Crippen LogP contribution in [0.15, 0.2) is 18.2 Å². The van der Waals surface area contributed by atoms with Crippen molar-refractivity contribution in [3.8, 4) is 11.5 Å². The maximum Gasteiger partial charge on any atom is 0.220 e. The maximum atomic E-state index is 12.5. The Hall–Kier alpha value is -2.12. The highest BCUT2D eigenvalue weighted by Crippen LogP contribution is 2.31. The molecule has 2 fully saturated rings. The Morgan fingerprint density at radius 1 is 1.03 bits per heavy atom. The summed E-state index contributed by atoms with van der Waals surface area (Å²) in [5.74, 6) is 0.0189. The summed E-state index contributed by atoms with van der Waals surface area (Å²) in [4.78, 5) is 26.4. The zero-order chi connectivity index (χ0) is 21.5. The fourth-order valence-corrected chi connectivity index (χ4v) is 4.07. The molecule has 7 heteroatoms. The average Bonchev–Trinajstić information content (AvgIpc) is 3.46. The molecule has 1 aliphatic heterocycles. The fourth-order valence-electron chi connectivity index (χ4n) is 4.07. The molecule has 1 unspecified atom stereocenters. The van der Waals surface area contributed by atoms with Crippen molar-refractivity contribution in [2.75, 3.05) is 19.6 Å². The number of nitrogens with one attached hydrogen (secondary N) is 1. The van der Waals surface area contributed by atoms with Crippen LogP contribution in [0.4, 0.5) is 0 Å². The maximum absolute atomic E-state index is 12.5. The van der Waals surface area contributed by atoms with Crippen LogP contribution in [0, 0.1) is 5.92 Å². The van der Waals surface area contributed by atoms with E-state index in [1.54, 1.807) is 6.07 Å². The molecule has 1 saturated heterocycles. The van der Waals surface area contributed by atoms with Gasteiger partial charge in [0, 0.05) is 25.3 Å². The van der Waals surface area contributed by atoms with E-state index < -0.39 is 12.1 Å². The first kappa shape index (κ1) is 22.6. The molecule has 1 amide bonds. The summed E-state index contributed by atoms with van der Waals surface area (Å²) < 4.78 is 0. The number of Topliss-reactive ketones (excluding diaryl/α,β-unsaturated/α-hetero) is 1. The molecule has 0 radical (unpaired) electrons. The Bertz CT molecular complexity index is 728. The Morgan fingerprint density at radius 3 is 2.40 bits per heavy atom. The number of phenolic OH excluding ortho intramolecular Hbond substituents is 2. The van der Waals surface area contributed by atoms with E-state index in [4.69, 9.17) is 0 Å². The molecule has 3 rings (SSSR count). The van der Waals surface area contributed by atoms with E-state index in [0.29, 0.717) is 36.7 Å². The minimum absolute atomic E-state index is 0.116. The van der Waals surface area contributed by atoms with E-state index in [1.807, 2.05) is 0 Å². The number of benzene rings is 1. The van der Waals surface area contributed by atoms with Crippen molar-refractivity contribution in [3.05, 3.63) is 23.8 Å². The molecule has 1 aliphatic carbocycles. The Kier molecular flexibility index (Phi) is 8.10. The number of likely N-dealkylation sites (tertiary alicyclic amines) is 1. The molecule has 0 aromatic heterocycles. The minimum atomic E-state index is -0.989. The van der Waals surface area contributed by atoms with Gasteiger partial charge in [-0.05, 0) is 69.3 Å². The van der Waals surface area contributed by atoms with Crippen LogP contribution >= 0.6 is 0 Å². The highest BCUT2D eigenvalue weighted by molar-refractivity contribution is 5.83. The molecule has 1 aromatic rings. The van der Waals surface area contributed by atoms with Crippen LogP contribution in [-0.4, -0.2) is 57.6 Å². The van der Waals surface area contributed by atoms with Crippen molar-refractivity contribution in [2.45, 2.75) is 69.9 Å². The second-order valence-corrected chi connectivity index (χ2v) is 8.68. The lowest BCUT2D eigenvalue weighted by Crippen LogP contribution is -2.46. The number of nitrogens with zero attached hydrogens (tertiary/aromatic N) is 1. The van der Waals surface area contributed by atoms with Gasteiger partial charge in [0.05, 0.1) is 6.04 Å². The number of rotatable bonds is 12. The number of hydrogen-bond acceptors (Lipinski definition) is 6. The monoisotopic (exact) mass is 418 g/mol. The van der Waals surface area contributed by atoms with Gasteiger partial charge < -0.3 is 25.5 Å². The largest absolute Gasteiger partial charge is 0.504 e. The number of carbonyl (C=O) groups is 2. The first-order chi connectivity index (χ1) is 14.4. The summed E-state index contributed by atoms with van der Waals surface area (Å²) in [6.45, 7) is 2.41. The van der Waals surface area contributed by atoms with E-state index >= 15 is 0 Å². The molecule has 4 N–H and O–H groups in total. The smallest absolute Gasteiger partial charge is 0.220 e. The predicted molar refractivity (Wildman–Crippen MR) is 113 cm³/mol. The molecular weight excluding hydrogens is 384 g/mol. The first-order valence-electron chi connectivity index (χ1n) is 11.2. The molecule has 1 saturated carbocycles. The average molecular weight is 419 g/mol. The van der Waals surface area contributed by atoms with Crippen LogP contribution in [0.3, 0.4) is 0 Å². The molecule has 166 valence electrons. The van der Waals surface area contributed by atoms with E-state index in [9.17, 15) is 24.9 Å². The number of aliphatic hydroxyl groups is 1. The predicted octanol–water partition coefficient (Wildman–Crippen LogP) is 2.64. The number of aliphatic hydroxyl groups excluding tert-OH is 1. The third-order valence-electron chi connectivity index (χ3n) is 6.08. The van der Waals surface area contributed by atoms with E-state index in [0.717, 1.165) is 58.0 Å². The quantitative estimate of drug-likeness (QED) is 0.307. The highest BCUT2D eigenvalue weighted by atomic mass is 16.3. The first-order valence-corrected chi connectivity index (χ1v) is 11.2. The highest BCUT2D eigenvalue weighted by Gasteiger charge is 2.29. The number of aromatic hydroxyl groups is 2. The fraction of sp³-hybridized carbons (Fsp3) is 0.652. The SMILES string of the molecule is O=C(CCCCCC(=O)C1CC1)N[C@H](CN1CCCC1)C(O)c1ccc(O)c(O)c1. The molecule has 7 nitrogen and oxygen atoms in total. The van der Waals surface area contributed by atoms with Crippen LogP contribution in [0.2, 0.25) is 0 Å². The van der Waals surface area contributed by atoms with E-state index in [1.165, 1.54) is 12.1 Å². The second kappa shape index (κ2) is 10.8. The lowest BCUT2D eigenvalue weighted by Gasteiger charge is -2.29. The summed E-state index contributed by atoms with van der Waals surface area (Å²) in [5.41, 5.74) is 0.452. The van der Waals surface area contributed by atoms with Gasteiger partial charge in [-0.25, -0.2) is 0 Å². The van der Waals surface area contributed by atoms with Crippen molar-refractivity contribution in [1.29, 1.82) is 0 Å². The minimum Gasteiger partial charge on any atom is -0.504 e. The molecule has 1 heterocycles. The van der Waals surface area contributed by atoms with Crippen LogP contribution in [0.25, 0.3) is 0 Å². The van der Waals surface area contributed by atoms with Gasteiger partial charge >= 0.3 is 0 Å². The molecule has 30 heavy (non-hydrogen) atoms. The molecular formula is C23H34N2O5. The van der Waals surface area contributed by atoms with Gasteiger partial charge in [0.1, 0.15) is 11.9 Å². The van der Waals surface area contributed by atoms with E-state index in [-0.39, 0.29) is 17.4 Å². The van der Waals surface area contributed by atoms with Gasteiger partial charge in [-0.1, -0.05) is 12.5 Å². The number of unbranched alkanes of at least 4 members (excludes halogenated alkanes) is 2. The zero-order valence-corrected chi connectivity index (χ0v) is 17.6. The number of amides is 1. The van der Waals surface area contributed by atoms with Crippen LogP contribution in [0.5, 0.6) is 11.5 Å². The third-order valence-corrected chi connectivity index (χ3v) is 6.08. The van der Waals surface area contributed by atoms with Crippen molar-refractivity contribution in [2.24, 2.45) is 5.92 Å². The summed E-state index contributed by atoms with van der Waals surface area (Å²) in [7, 11) is 0. The Labute approximate surface area is 178 Å². The zero-order valence-electron chi connectivity index (χ0n) is 17.6. The number of carbonyl (C=O) groups excluding carboxylic acids is 2. The van der Waals surface area contributed by atoms with Crippen LogP contribution in [-0.2, 0) is 9.59 Å². The van der Waals surface area contributed by atoms with Gasteiger partial charge in [-0.3, -0.25) is 9.59 Å². The molecule has 1 aromatic carbocycles. The molecule has 2 atom stereocenters. The van der Waals surface area contributed by atoms with E-state index in [2.05, 4.69) is 10.2 Å². The van der Waals surface area contributed by atoms with Crippen molar-refractivity contribution < 1.29 is 24.9 Å². The number of phenols is 2. The molecule has 0 spiro atoms. The van der Waals surface area contributed by atoms with Gasteiger partial charge in [-0.15, -0.1) is 0 Å². The van der Waals surface area contributed by atoms with Crippen molar-refractivity contribution in [1.82, 2.24) is 10.2 Å². The second-order valence-electron chi connectivity index (χ2n) is 8.68. The normalized spacial score (nSPS) is 18.8. The Morgan fingerprint density at radius 2 is 1.73 bits per heavy atom. The number of hydrogen-bond donors (Lipinski definition) is 4. The summed E-state index contributed by atoms with van der Waals surface area (Å²) in [6, 6.07) is 3.72. The summed E-state index contributed by atoms with van der Waals surface area (Å²) in [6.07, 6.45) is 6.68. The van der Waals surface area contributed by atoms with Gasteiger partial charge in [0.2, 0.25) is 5.91 Å². The molecule has 0 bridgehead atoms. The summed E-state index contributed by atoms with van der Waals surface area (Å²) >= 11 is 0. The van der Waals surface area contributed by atoms with Gasteiger partial charge in [-0.2, -0.15) is 0 Å². The van der Waals surface area contributed by atoms with Crippen molar-refractivity contribution in [3.63, 3.8) is 0 Å². The van der Waals surface area contributed by atoms with Crippen LogP contribution in [0.1, 0.15) is 69.5 Å². The summed E-state index contributed by atoms with van der Waals surface area (Å²) in [5, 5.41) is 33.1. The van der Waals surface area contributed by atoms with Gasteiger partial charge in [0.25, 0.3) is 0 Å².